The van der Waals surface area contributed by atoms with Gasteiger partial charge in [0.25, 0.3) is 0 Å². The van der Waals surface area contributed by atoms with Crippen molar-refractivity contribution in [1.82, 2.24) is 24.9 Å². The molecular formula is C56H39N5. The maximum atomic E-state index is 5.24. The molecule has 5 heteroatoms. The fourth-order valence-corrected chi connectivity index (χ4v) is 7.68. The van der Waals surface area contributed by atoms with Crippen molar-refractivity contribution in [3.8, 4) is 101 Å². The Bertz CT molecular complexity index is 2920. The molecule has 0 fully saturated rings. The third kappa shape index (κ3) is 8.14. The summed E-state index contributed by atoms with van der Waals surface area (Å²) in [7, 11) is 0. The lowest BCUT2D eigenvalue weighted by atomic mass is 9.91. The van der Waals surface area contributed by atoms with Crippen LogP contribution in [0.25, 0.3) is 101 Å². The van der Waals surface area contributed by atoms with Crippen LogP contribution in [0, 0.1) is 6.92 Å². The highest BCUT2D eigenvalue weighted by atomic mass is 15.0. The second-order valence-corrected chi connectivity index (χ2v) is 15.1. The summed E-state index contributed by atoms with van der Waals surface area (Å²) in [6.07, 6.45) is 7.43. The Balaban J connectivity index is 1.16. The lowest BCUT2D eigenvalue weighted by molar-refractivity contribution is 1.07. The molecule has 7 aromatic carbocycles. The molecule has 10 rings (SSSR count). The molecule has 10 aromatic rings. The molecular weight excluding hydrogens is 743 g/mol. The monoisotopic (exact) mass is 781 g/mol. The molecule has 0 bridgehead atoms. The lowest BCUT2D eigenvalue weighted by Crippen LogP contribution is -2.01. The summed E-state index contributed by atoms with van der Waals surface area (Å²) in [4.78, 5) is 24.5. The van der Waals surface area contributed by atoms with Gasteiger partial charge in [0.2, 0.25) is 0 Å². The van der Waals surface area contributed by atoms with Crippen LogP contribution in [-0.4, -0.2) is 24.9 Å². The van der Waals surface area contributed by atoms with Crippen LogP contribution in [0.5, 0.6) is 0 Å². The molecule has 288 valence electrons. The van der Waals surface area contributed by atoms with Crippen molar-refractivity contribution in [3.05, 3.63) is 224 Å². The Labute approximate surface area is 355 Å². The molecule has 0 unspecified atom stereocenters. The third-order valence-corrected chi connectivity index (χ3v) is 11.0. The Morgan fingerprint density at radius 2 is 0.541 bits per heavy atom. The second kappa shape index (κ2) is 16.6. The number of rotatable bonds is 9. The number of aromatic nitrogens is 5. The van der Waals surface area contributed by atoms with Crippen LogP contribution in [0.4, 0.5) is 0 Å². The Hall–Kier alpha value is -8.15. The van der Waals surface area contributed by atoms with E-state index in [2.05, 4.69) is 187 Å². The number of pyridine rings is 2. The van der Waals surface area contributed by atoms with Crippen molar-refractivity contribution in [2.45, 2.75) is 6.92 Å². The van der Waals surface area contributed by atoms with Gasteiger partial charge in [-0.15, -0.1) is 0 Å². The molecule has 0 aliphatic rings. The van der Waals surface area contributed by atoms with Crippen LogP contribution in [0.1, 0.15) is 5.56 Å². The van der Waals surface area contributed by atoms with Crippen molar-refractivity contribution in [3.63, 3.8) is 0 Å². The average molecular weight is 782 g/mol. The normalized spacial score (nSPS) is 11.0. The van der Waals surface area contributed by atoms with Crippen molar-refractivity contribution in [2.75, 3.05) is 0 Å². The van der Waals surface area contributed by atoms with Crippen LogP contribution < -0.4 is 0 Å². The number of aryl methyl sites for hydroxylation is 1. The average Bonchev–Trinajstić information content (AvgIpc) is 3.35. The first-order valence-electron chi connectivity index (χ1n) is 20.4. The smallest absolute Gasteiger partial charge is 0.164 e. The maximum absolute atomic E-state index is 5.24. The predicted molar refractivity (Wildman–Crippen MR) is 249 cm³/mol. The van der Waals surface area contributed by atoms with Gasteiger partial charge in [0, 0.05) is 52.6 Å². The van der Waals surface area contributed by atoms with E-state index in [1.54, 1.807) is 12.4 Å². The van der Waals surface area contributed by atoms with Gasteiger partial charge in [-0.25, -0.2) is 15.0 Å². The van der Waals surface area contributed by atoms with Crippen LogP contribution in [0.15, 0.2) is 219 Å². The molecule has 0 aliphatic carbocycles. The summed E-state index contributed by atoms with van der Waals surface area (Å²) in [6, 6.07) is 67.9. The summed E-state index contributed by atoms with van der Waals surface area (Å²) in [6.45, 7) is 2.11. The molecule has 0 radical (unpaired) electrons. The topological polar surface area (TPSA) is 64.5 Å². The summed E-state index contributed by atoms with van der Waals surface area (Å²) in [5.74, 6) is 1.79. The summed E-state index contributed by atoms with van der Waals surface area (Å²) >= 11 is 0. The molecule has 0 atom stereocenters. The summed E-state index contributed by atoms with van der Waals surface area (Å²) < 4.78 is 0. The van der Waals surface area contributed by atoms with Gasteiger partial charge in [0.05, 0.1) is 0 Å². The zero-order valence-electron chi connectivity index (χ0n) is 33.5. The summed E-state index contributed by atoms with van der Waals surface area (Å²) in [5, 5.41) is 0. The molecule has 3 aromatic heterocycles. The van der Waals surface area contributed by atoms with Gasteiger partial charge >= 0.3 is 0 Å². The van der Waals surface area contributed by atoms with E-state index in [1.807, 2.05) is 36.7 Å². The largest absolute Gasteiger partial charge is 0.264 e. The molecule has 5 nitrogen and oxygen atoms in total. The quantitative estimate of drug-likeness (QED) is 0.146. The van der Waals surface area contributed by atoms with Crippen molar-refractivity contribution in [2.24, 2.45) is 0 Å². The number of hydrogen-bond donors (Lipinski definition) is 0. The molecule has 3 heterocycles. The van der Waals surface area contributed by atoms with Gasteiger partial charge in [0.15, 0.2) is 17.5 Å². The Morgan fingerprint density at radius 1 is 0.246 bits per heavy atom. The molecule has 0 spiro atoms. The fourth-order valence-electron chi connectivity index (χ4n) is 7.68. The second-order valence-electron chi connectivity index (χ2n) is 15.1. The maximum Gasteiger partial charge on any atom is 0.164 e. The summed E-state index contributed by atoms with van der Waals surface area (Å²) in [5.41, 5.74) is 16.9. The van der Waals surface area contributed by atoms with Gasteiger partial charge in [-0.1, -0.05) is 151 Å². The van der Waals surface area contributed by atoms with Gasteiger partial charge in [-0.2, -0.15) is 0 Å². The highest BCUT2D eigenvalue weighted by Gasteiger charge is 2.17. The molecule has 61 heavy (non-hydrogen) atoms. The highest BCUT2D eigenvalue weighted by Crippen LogP contribution is 2.38. The zero-order chi connectivity index (χ0) is 41.0. The van der Waals surface area contributed by atoms with Gasteiger partial charge in [0.1, 0.15) is 0 Å². The predicted octanol–water partition coefficient (Wildman–Crippen LogP) is 14.0. The van der Waals surface area contributed by atoms with E-state index in [0.717, 1.165) is 83.5 Å². The van der Waals surface area contributed by atoms with Gasteiger partial charge in [-0.3, -0.25) is 9.97 Å². The first-order chi connectivity index (χ1) is 30.1. The van der Waals surface area contributed by atoms with E-state index in [9.17, 15) is 0 Å². The van der Waals surface area contributed by atoms with E-state index < -0.39 is 0 Å². The molecule has 0 amide bonds. The molecule has 0 aliphatic heterocycles. The minimum Gasteiger partial charge on any atom is -0.264 e. The Kier molecular flexibility index (Phi) is 10.1. The van der Waals surface area contributed by atoms with Crippen LogP contribution in [0.2, 0.25) is 0 Å². The van der Waals surface area contributed by atoms with E-state index in [0.29, 0.717) is 17.5 Å². The fraction of sp³-hybridized carbons (Fsp3) is 0.0179. The number of benzene rings is 7. The van der Waals surface area contributed by atoms with Gasteiger partial charge < -0.3 is 0 Å². The minimum absolute atomic E-state index is 0.588. The van der Waals surface area contributed by atoms with Crippen LogP contribution >= 0.6 is 0 Å². The lowest BCUT2D eigenvalue weighted by Gasteiger charge is -2.15. The van der Waals surface area contributed by atoms with Crippen LogP contribution in [0.3, 0.4) is 0 Å². The third-order valence-electron chi connectivity index (χ3n) is 11.0. The zero-order valence-corrected chi connectivity index (χ0v) is 33.5. The SMILES string of the molecule is Cc1ccc(-c2cc(-c3cc(-c4cccnc4)cc(-c4cccnc4)c3)cc(-c3nc(-c4ccc(-c5ccccc5)cc4)nc(-c4ccc(-c5ccccc5)cc4)n3)c2)cc1. The standard InChI is InChI=1S/C56H39N5/c1-38-16-18-43(19-17-38)48-30-52(51-32-49(46-14-8-28-57-36-46)31-50(33-51)47-15-9-29-58-37-47)35-53(34-48)56-60-54(44-24-20-41(21-25-44)39-10-4-2-5-11-39)59-55(61-56)45-26-22-42(23-27-45)40-12-6-3-7-13-40/h2-37H,1H3. The molecule has 0 saturated carbocycles. The van der Waals surface area contributed by atoms with Crippen molar-refractivity contribution < 1.29 is 0 Å². The van der Waals surface area contributed by atoms with E-state index in [-0.39, 0.29) is 0 Å². The Morgan fingerprint density at radius 3 is 0.951 bits per heavy atom. The molecule has 0 saturated heterocycles. The highest BCUT2D eigenvalue weighted by molar-refractivity contribution is 5.85. The van der Waals surface area contributed by atoms with Crippen molar-refractivity contribution >= 4 is 0 Å². The molecule has 0 N–H and O–H groups in total. The van der Waals surface area contributed by atoms with Gasteiger partial charge in [-0.05, 0) is 111 Å². The first kappa shape index (κ1) is 37.1. The number of hydrogen-bond acceptors (Lipinski definition) is 5. The van der Waals surface area contributed by atoms with E-state index >= 15 is 0 Å². The van der Waals surface area contributed by atoms with E-state index in [4.69, 9.17) is 15.0 Å². The number of nitrogens with zero attached hydrogens (tertiary/aromatic N) is 5. The first-order valence-corrected chi connectivity index (χ1v) is 20.4. The van der Waals surface area contributed by atoms with E-state index in [1.165, 1.54) is 5.56 Å². The van der Waals surface area contributed by atoms with Crippen LogP contribution in [-0.2, 0) is 0 Å². The van der Waals surface area contributed by atoms with Crippen molar-refractivity contribution in [1.29, 1.82) is 0 Å². The minimum atomic E-state index is 0.588.